The first-order valence-electron chi connectivity index (χ1n) is 6.74. The summed E-state index contributed by atoms with van der Waals surface area (Å²) in [6.07, 6.45) is 0. The zero-order chi connectivity index (χ0) is 16.8. The molecule has 0 saturated heterocycles. The van der Waals surface area contributed by atoms with Gasteiger partial charge in [0.25, 0.3) is 0 Å². The summed E-state index contributed by atoms with van der Waals surface area (Å²) in [5.41, 5.74) is 0. The molecule has 1 rings (SSSR count). The fraction of sp³-hybridized carbons (Fsp3) is 0.500. The van der Waals surface area contributed by atoms with Crippen molar-refractivity contribution in [3.63, 3.8) is 0 Å². The molecule has 5 nitrogen and oxygen atoms in total. The fourth-order valence-corrected chi connectivity index (χ4v) is 3.38. The van der Waals surface area contributed by atoms with Gasteiger partial charge in [-0.1, -0.05) is 13.8 Å². The first-order valence-corrected chi connectivity index (χ1v) is 8.57. The lowest BCUT2D eigenvalue weighted by Gasteiger charge is -2.09. The molecule has 0 unspecified atom stereocenters. The molecule has 124 valence electrons. The van der Waals surface area contributed by atoms with Gasteiger partial charge in [0.2, 0.25) is 5.91 Å². The average Bonchev–Trinajstić information content (AvgIpc) is 2.36. The normalized spacial score (nSPS) is 11.5. The van der Waals surface area contributed by atoms with Gasteiger partial charge in [-0.2, -0.15) is 0 Å². The Balaban J connectivity index is 2.32. The summed E-state index contributed by atoms with van der Waals surface area (Å²) in [6, 6.07) is 3.08. The van der Waals surface area contributed by atoms with Gasteiger partial charge in [0, 0.05) is 6.07 Å². The number of benzene rings is 1. The van der Waals surface area contributed by atoms with Crippen molar-refractivity contribution in [3.8, 4) is 5.75 Å². The van der Waals surface area contributed by atoms with E-state index in [4.69, 9.17) is 4.74 Å². The molecular weight excluding hydrogens is 316 g/mol. The number of sulfone groups is 1. The lowest BCUT2D eigenvalue weighted by molar-refractivity contribution is -0.118. The Kier molecular flexibility index (Phi) is 6.73. The van der Waals surface area contributed by atoms with Crippen molar-refractivity contribution >= 4 is 15.7 Å². The van der Waals surface area contributed by atoms with Gasteiger partial charge in [-0.3, -0.25) is 4.79 Å². The van der Waals surface area contributed by atoms with Crippen LogP contribution in [0.4, 0.5) is 8.78 Å². The van der Waals surface area contributed by atoms with Crippen LogP contribution >= 0.6 is 0 Å². The molecule has 0 saturated carbocycles. The highest BCUT2D eigenvalue weighted by Crippen LogP contribution is 2.14. The van der Waals surface area contributed by atoms with E-state index >= 15 is 0 Å². The monoisotopic (exact) mass is 335 g/mol. The van der Waals surface area contributed by atoms with Gasteiger partial charge in [0.15, 0.2) is 21.5 Å². The topological polar surface area (TPSA) is 72.5 Å². The predicted octanol–water partition coefficient (Wildman–Crippen LogP) is 1.53. The maximum absolute atomic E-state index is 12.9. The number of halogens is 2. The summed E-state index contributed by atoms with van der Waals surface area (Å²) in [5, 5.41) is 2.40. The zero-order valence-corrected chi connectivity index (χ0v) is 13.3. The lowest BCUT2D eigenvalue weighted by atomic mass is 10.3. The number of ether oxygens (including phenoxy) is 1. The molecule has 0 bridgehead atoms. The highest BCUT2D eigenvalue weighted by Gasteiger charge is 2.17. The Morgan fingerprint density at radius 1 is 1.27 bits per heavy atom. The van der Waals surface area contributed by atoms with Crippen LogP contribution in [0.3, 0.4) is 0 Å². The number of carbonyl (C=O) groups excluding carboxylic acids is 1. The maximum atomic E-state index is 12.9. The number of hydrogen-bond acceptors (Lipinski definition) is 4. The number of nitrogens with one attached hydrogen (secondary N) is 1. The van der Waals surface area contributed by atoms with Crippen LogP contribution in [0, 0.1) is 17.6 Å². The van der Waals surface area contributed by atoms with Crippen LogP contribution in [-0.4, -0.2) is 39.0 Å². The minimum absolute atomic E-state index is 0.0149. The van der Waals surface area contributed by atoms with Crippen LogP contribution in [0.2, 0.25) is 0 Å². The van der Waals surface area contributed by atoms with Gasteiger partial charge in [-0.05, 0) is 18.1 Å². The van der Waals surface area contributed by atoms with E-state index in [0.717, 1.165) is 12.1 Å². The van der Waals surface area contributed by atoms with Crippen LogP contribution < -0.4 is 10.1 Å². The molecule has 1 amide bonds. The molecule has 0 aliphatic rings. The van der Waals surface area contributed by atoms with E-state index in [1.807, 2.05) is 0 Å². The Hall–Kier alpha value is -1.70. The van der Waals surface area contributed by atoms with Crippen LogP contribution in [0.1, 0.15) is 13.8 Å². The Morgan fingerprint density at radius 3 is 2.55 bits per heavy atom. The third kappa shape index (κ3) is 6.84. The Bertz CT molecular complexity index is 617. The van der Waals surface area contributed by atoms with Crippen LogP contribution in [-0.2, 0) is 14.6 Å². The lowest BCUT2D eigenvalue weighted by Crippen LogP contribution is -2.34. The van der Waals surface area contributed by atoms with E-state index in [1.54, 1.807) is 13.8 Å². The van der Waals surface area contributed by atoms with Crippen molar-refractivity contribution in [2.75, 3.05) is 24.7 Å². The average molecular weight is 335 g/mol. The predicted molar refractivity (Wildman–Crippen MR) is 78.4 cm³/mol. The van der Waals surface area contributed by atoms with Gasteiger partial charge in [-0.15, -0.1) is 0 Å². The summed E-state index contributed by atoms with van der Waals surface area (Å²) >= 11 is 0. The largest absolute Gasteiger partial charge is 0.492 e. The van der Waals surface area contributed by atoms with E-state index in [0.29, 0.717) is 0 Å². The van der Waals surface area contributed by atoms with Gasteiger partial charge in [-0.25, -0.2) is 17.2 Å². The van der Waals surface area contributed by atoms with E-state index in [-0.39, 0.29) is 30.6 Å². The van der Waals surface area contributed by atoms with Gasteiger partial charge >= 0.3 is 0 Å². The molecule has 0 heterocycles. The molecule has 1 N–H and O–H groups in total. The first-order chi connectivity index (χ1) is 10.2. The molecule has 0 radical (unpaired) electrons. The van der Waals surface area contributed by atoms with Gasteiger partial charge < -0.3 is 10.1 Å². The molecule has 8 heteroatoms. The van der Waals surface area contributed by atoms with Crippen LogP contribution in [0.15, 0.2) is 18.2 Å². The van der Waals surface area contributed by atoms with E-state index in [1.165, 1.54) is 6.07 Å². The molecule has 0 fully saturated rings. The quantitative estimate of drug-likeness (QED) is 0.731. The number of hydrogen-bond donors (Lipinski definition) is 1. The van der Waals surface area contributed by atoms with E-state index in [2.05, 4.69) is 5.32 Å². The van der Waals surface area contributed by atoms with Crippen molar-refractivity contribution in [2.24, 2.45) is 5.92 Å². The minimum Gasteiger partial charge on any atom is -0.492 e. The Morgan fingerprint density at radius 2 is 1.95 bits per heavy atom. The second-order valence-corrected chi connectivity index (χ2v) is 7.33. The highest BCUT2D eigenvalue weighted by atomic mass is 32.2. The van der Waals surface area contributed by atoms with Crippen molar-refractivity contribution in [1.29, 1.82) is 0 Å². The molecule has 22 heavy (non-hydrogen) atoms. The number of rotatable bonds is 8. The summed E-state index contributed by atoms with van der Waals surface area (Å²) in [4.78, 5) is 11.5. The standard InChI is InChI=1S/C14H19F2NO4S/c1-10(2)8-22(19,20)9-14(18)17-5-6-21-11-3-4-12(15)13(16)7-11/h3-4,7,10H,5-6,8-9H2,1-2H3,(H,17,18). The molecule has 1 aromatic rings. The number of amides is 1. The van der Waals surface area contributed by atoms with Crippen molar-refractivity contribution in [2.45, 2.75) is 13.8 Å². The van der Waals surface area contributed by atoms with Crippen molar-refractivity contribution < 1.29 is 26.7 Å². The molecule has 0 aliphatic carbocycles. The second-order valence-electron chi connectivity index (χ2n) is 5.22. The molecular formula is C14H19F2NO4S. The molecule has 0 spiro atoms. The van der Waals surface area contributed by atoms with Crippen molar-refractivity contribution in [3.05, 3.63) is 29.8 Å². The minimum atomic E-state index is -3.42. The Labute approximate surface area is 128 Å². The molecule has 0 aromatic heterocycles. The molecule has 1 aromatic carbocycles. The first kappa shape index (κ1) is 18.3. The summed E-state index contributed by atoms with van der Waals surface area (Å²) in [7, 11) is -3.42. The van der Waals surface area contributed by atoms with E-state index in [9.17, 15) is 22.0 Å². The van der Waals surface area contributed by atoms with Crippen LogP contribution in [0.5, 0.6) is 5.75 Å². The van der Waals surface area contributed by atoms with Crippen LogP contribution in [0.25, 0.3) is 0 Å². The third-order valence-electron chi connectivity index (χ3n) is 2.52. The van der Waals surface area contributed by atoms with Crippen molar-refractivity contribution in [1.82, 2.24) is 5.32 Å². The smallest absolute Gasteiger partial charge is 0.235 e. The second kappa shape index (κ2) is 8.07. The molecule has 0 aliphatic heterocycles. The summed E-state index contributed by atoms with van der Waals surface area (Å²) in [6.45, 7) is 3.59. The third-order valence-corrected chi connectivity index (χ3v) is 4.40. The van der Waals surface area contributed by atoms with Gasteiger partial charge in [0.05, 0.1) is 12.3 Å². The highest BCUT2D eigenvalue weighted by molar-refractivity contribution is 7.92. The summed E-state index contributed by atoms with van der Waals surface area (Å²) in [5.74, 6) is -3.16. The number of carbonyl (C=O) groups is 1. The fourth-order valence-electron chi connectivity index (χ4n) is 1.74. The van der Waals surface area contributed by atoms with E-state index < -0.39 is 33.1 Å². The maximum Gasteiger partial charge on any atom is 0.235 e. The zero-order valence-electron chi connectivity index (χ0n) is 12.4. The molecule has 0 atom stereocenters. The summed E-state index contributed by atoms with van der Waals surface area (Å²) < 4.78 is 53.9. The SMILES string of the molecule is CC(C)CS(=O)(=O)CC(=O)NCCOc1ccc(F)c(F)c1. The van der Waals surface area contributed by atoms with Gasteiger partial charge in [0.1, 0.15) is 18.1 Å².